The lowest BCUT2D eigenvalue weighted by molar-refractivity contribution is -0.143. The number of nitrogens with two attached hydrogens (primary N) is 1. The molecule has 0 heterocycles. The summed E-state index contributed by atoms with van der Waals surface area (Å²) in [5, 5.41) is 67.6. The highest BCUT2D eigenvalue weighted by Gasteiger charge is 2.35. The summed E-state index contributed by atoms with van der Waals surface area (Å²) in [4.78, 5) is 87.4. The average Bonchev–Trinajstić information content (AvgIpc) is 3.00. The number of carboxylic acids is 2. The molecule has 0 saturated heterocycles. The third-order valence-corrected chi connectivity index (χ3v) is 6.76. The summed E-state index contributed by atoms with van der Waals surface area (Å²) in [6.07, 6.45) is -2.61. The van der Waals surface area contributed by atoms with Crippen LogP contribution in [-0.4, -0.2) is 128 Å². The van der Waals surface area contributed by atoms with Crippen LogP contribution in [0.5, 0.6) is 5.75 Å². The van der Waals surface area contributed by atoms with E-state index in [0.717, 1.165) is 6.92 Å². The van der Waals surface area contributed by atoms with Crippen molar-refractivity contribution in [1.82, 2.24) is 26.6 Å². The molecule has 268 valence electrons. The van der Waals surface area contributed by atoms with Gasteiger partial charge in [-0.1, -0.05) is 26.0 Å². The Balaban J connectivity index is 3.22. The fraction of sp³-hybridized carbons (Fsp3) is 0.552. The molecule has 19 nitrogen and oxygen atoms in total. The molecule has 0 saturated carbocycles. The zero-order valence-corrected chi connectivity index (χ0v) is 26.6. The highest BCUT2D eigenvalue weighted by molar-refractivity contribution is 5.97. The lowest BCUT2D eigenvalue weighted by Gasteiger charge is -2.27. The maximum absolute atomic E-state index is 13.4. The molecule has 7 atom stereocenters. The molecular weight excluding hydrogens is 640 g/mol. The van der Waals surface area contributed by atoms with Gasteiger partial charge in [0.15, 0.2) is 0 Å². The van der Waals surface area contributed by atoms with Crippen molar-refractivity contribution in [3.8, 4) is 5.75 Å². The van der Waals surface area contributed by atoms with E-state index < -0.39 is 103 Å². The minimum atomic E-state index is -1.89. The molecule has 0 unspecified atom stereocenters. The largest absolute Gasteiger partial charge is 0.508 e. The van der Waals surface area contributed by atoms with Gasteiger partial charge in [-0.3, -0.25) is 28.8 Å². The molecule has 0 bridgehead atoms. The smallest absolute Gasteiger partial charge is 0.328 e. The topological polar surface area (TPSA) is 327 Å². The van der Waals surface area contributed by atoms with Crippen LogP contribution >= 0.6 is 0 Å². The molecule has 0 aliphatic rings. The van der Waals surface area contributed by atoms with E-state index in [-0.39, 0.29) is 24.5 Å². The molecule has 0 aromatic heterocycles. The highest BCUT2D eigenvalue weighted by atomic mass is 16.4. The van der Waals surface area contributed by atoms with Gasteiger partial charge in [0.2, 0.25) is 29.5 Å². The quantitative estimate of drug-likeness (QED) is 0.0618. The Morgan fingerprint density at radius 2 is 1.17 bits per heavy atom. The third kappa shape index (κ3) is 13.9. The number of phenols is 1. The lowest BCUT2D eigenvalue weighted by Crippen LogP contribution is -2.62. The predicted octanol–water partition coefficient (Wildman–Crippen LogP) is -4.34. The maximum Gasteiger partial charge on any atom is 0.328 e. The third-order valence-electron chi connectivity index (χ3n) is 6.76. The van der Waals surface area contributed by atoms with Crippen molar-refractivity contribution in [3.63, 3.8) is 0 Å². The van der Waals surface area contributed by atoms with E-state index in [9.17, 15) is 54.0 Å². The van der Waals surface area contributed by atoms with Gasteiger partial charge < -0.3 is 63.0 Å². The first-order valence-corrected chi connectivity index (χ1v) is 14.8. The van der Waals surface area contributed by atoms with Crippen molar-refractivity contribution in [2.45, 2.75) is 82.4 Å². The molecule has 1 rings (SSSR count). The van der Waals surface area contributed by atoms with Crippen LogP contribution in [0.25, 0.3) is 0 Å². The fourth-order valence-corrected chi connectivity index (χ4v) is 4.20. The van der Waals surface area contributed by atoms with E-state index in [1.807, 2.05) is 24.5 Å². The number of aromatic hydroxyl groups is 1. The summed E-state index contributed by atoms with van der Waals surface area (Å²) >= 11 is 0. The number of aliphatic carboxylic acids is 2. The van der Waals surface area contributed by atoms with Crippen LogP contribution in [0.1, 0.15) is 39.2 Å². The Bertz CT molecular complexity index is 1290. The van der Waals surface area contributed by atoms with Crippen molar-refractivity contribution in [1.29, 1.82) is 0 Å². The summed E-state index contributed by atoms with van der Waals surface area (Å²) in [6.45, 7) is 2.63. The molecular formula is C29H44N6O13. The average molecular weight is 685 g/mol. The number of phenolic OH excluding ortho intramolecular Hbond substituents is 1. The first-order chi connectivity index (χ1) is 22.4. The standard InChI is InChI=1S/C29H44N6O13/c1-13(2)8-17(30)24(42)31-18(9-15-4-6-16(39)7-5-15)25(43)32-19(10-22(40)41)26(44)35-23(14(3)38)28(46)33-20(11-36)27(45)34-21(12-37)29(47)48/h4-7,13-14,17-21,23,36-39H,8-12,30H2,1-3H3,(H,31,42)(H,32,43)(H,33,46)(H,34,45)(H,35,44)(H,40,41)(H,47,48)/t14-,17+,18+,19+,20+,21+,23+/m1/s1. The van der Waals surface area contributed by atoms with Crippen molar-refractivity contribution in [2.75, 3.05) is 13.2 Å². The number of hydrogen-bond donors (Lipinski definition) is 12. The number of rotatable bonds is 20. The zero-order chi connectivity index (χ0) is 36.7. The van der Waals surface area contributed by atoms with Crippen molar-refractivity contribution in [2.24, 2.45) is 11.7 Å². The van der Waals surface area contributed by atoms with Gasteiger partial charge in [-0.25, -0.2) is 4.79 Å². The number of carbonyl (C=O) groups excluding carboxylic acids is 5. The summed E-state index contributed by atoms with van der Waals surface area (Å²) in [5.41, 5.74) is 6.42. The van der Waals surface area contributed by atoms with Crippen LogP contribution in [0.3, 0.4) is 0 Å². The molecule has 19 heteroatoms. The van der Waals surface area contributed by atoms with Crippen molar-refractivity contribution in [3.05, 3.63) is 29.8 Å². The van der Waals surface area contributed by atoms with Crippen LogP contribution in [0.2, 0.25) is 0 Å². The molecule has 0 radical (unpaired) electrons. The Hall–Kier alpha value is -4.85. The maximum atomic E-state index is 13.4. The molecule has 0 aliphatic heterocycles. The van der Waals surface area contributed by atoms with E-state index in [2.05, 4.69) is 16.0 Å². The number of amides is 5. The Morgan fingerprint density at radius 3 is 1.65 bits per heavy atom. The van der Waals surface area contributed by atoms with Gasteiger partial charge in [0.1, 0.15) is 36.0 Å². The molecule has 0 fully saturated rings. The second-order valence-corrected chi connectivity index (χ2v) is 11.4. The number of nitrogens with one attached hydrogen (secondary N) is 5. The van der Waals surface area contributed by atoms with Gasteiger partial charge in [-0.05, 0) is 37.0 Å². The van der Waals surface area contributed by atoms with Crippen LogP contribution in [0, 0.1) is 5.92 Å². The zero-order valence-electron chi connectivity index (χ0n) is 26.6. The monoisotopic (exact) mass is 684 g/mol. The SMILES string of the molecule is CC(C)C[C@H](N)C(=O)N[C@@H](Cc1ccc(O)cc1)C(=O)N[C@@H](CC(=O)O)C(=O)N[C@H](C(=O)N[C@@H](CO)C(=O)N[C@@H](CO)C(=O)O)[C@@H](C)O. The molecule has 5 amide bonds. The second kappa shape index (κ2) is 19.7. The van der Waals surface area contributed by atoms with Gasteiger partial charge in [-0.15, -0.1) is 0 Å². The first kappa shape index (κ1) is 41.2. The molecule has 0 spiro atoms. The fourth-order valence-electron chi connectivity index (χ4n) is 4.20. The van der Waals surface area contributed by atoms with Crippen molar-refractivity contribution < 1.29 is 64.2 Å². The normalized spacial score (nSPS) is 15.4. The summed E-state index contributed by atoms with van der Waals surface area (Å²) in [5.74, 6) is -8.69. The molecule has 13 N–H and O–H groups in total. The van der Waals surface area contributed by atoms with Gasteiger partial charge in [0.25, 0.3) is 0 Å². The minimum Gasteiger partial charge on any atom is -0.508 e. The number of hydrogen-bond acceptors (Lipinski definition) is 12. The van der Waals surface area contributed by atoms with Crippen LogP contribution in [0.15, 0.2) is 24.3 Å². The predicted molar refractivity (Wildman–Crippen MR) is 165 cm³/mol. The van der Waals surface area contributed by atoms with E-state index >= 15 is 0 Å². The van der Waals surface area contributed by atoms with Crippen LogP contribution in [-0.2, 0) is 40.0 Å². The van der Waals surface area contributed by atoms with Crippen LogP contribution < -0.4 is 32.3 Å². The van der Waals surface area contributed by atoms with Gasteiger partial charge in [0.05, 0.1) is 31.8 Å². The molecule has 0 aliphatic carbocycles. The summed E-state index contributed by atoms with van der Waals surface area (Å²) < 4.78 is 0. The summed E-state index contributed by atoms with van der Waals surface area (Å²) in [7, 11) is 0. The number of aliphatic hydroxyl groups is 3. The first-order valence-electron chi connectivity index (χ1n) is 14.8. The minimum absolute atomic E-state index is 0.0297. The Morgan fingerprint density at radius 1 is 0.688 bits per heavy atom. The molecule has 1 aromatic carbocycles. The number of aliphatic hydroxyl groups excluding tert-OH is 3. The van der Waals surface area contributed by atoms with Crippen molar-refractivity contribution >= 4 is 41.5 Å². The Kier molecular flexibility index (Phi) is 16.9. The second-order valence-electron chi connectivity index (χ2n) is 11.4. The van der Waals surface area contributed by atoms with E-state index in [4.69, 9.17) is 15.9 Å². The Labute approximate surface area is 275 Å². The molecule has 1 aromatic rings. The van der Waals surface area contributed by atoms with Gasteiger partial charge >= 0.3 is 11.9 Å². The lowest BCUT2D eigenvalue weighted by atomic mass is 10.0. The van der Waals surface area contributed by atoms with Gasteiger partial charge in [0, 0.05) is 6.42 Å². The van der Waals surface area contributed by atoms with Gasteiger partial charge in [-0.2, -0.15) is 0 Å². The number of carboxylic acid groups (broad SMARTS) is 2. The van der Waals surface area contributed by atoms with Crippen LogP contribution in [0.4, 0.5) is 0 Å². The van der Waals surface area contributed by atoms with E-state index in [1.54, 1.807) is 0 Å². The van der Waals surface area contributed by atoms with E-state index in [1.165, 1.54) is 24.3 Å². The number of carbonyl (C=O) groups is 7. The summed E-state index contributed by atoms with van der Waals surface area (Å²) in [6, 6.07) is -4.13. The highest BCUT2D eigenvalue weighted by Crippen LogP contribution is 2.12. The number of benzene rings is 1. The van der Waals surface area contributed by atoms with E-state index in [0.29, 0.717) is 5.56 Å². The molecule has 48 heavy (non-hydrogen) atoms.